The molecule has 0 saturated heterocycles. The summed E-state index contributed by atoms with van der Waals surface area (Å²) < 4.78 is 5.35. The number of ether oxygens (including phenoxy) is 1. The van der Waals surface area contributed by atoms with Gasteiger partial charge < -0.3 is 15.4 Å². The predicted molar refractivity (Wildman–Crippen MR) is 102 cm³/mol. The first-order valence-electron chi connectivity index (χ1n) is 7.84. The SMILES string of the molecule is COc1ccc(C)cc1Nc1ccc(NC(=O)Cc2cccs2)cn1. The number of methoxy groups -OCH3 is 1. The number of aromatic nitrogens is 1. The molecule has 3 aromatic rings. The third-order valence-corrected chi connectivity index (χ3v) is 4.46. The number of carbonyl (C=O) groups is 1. The van der Waals surface area contributed by atoms with Gasteiger partial charge in [0.15, 0.2) is 0 Å². The van der Waals surface area contributed by atoms with Gasteiger partial charge in [0.1, 0.15) is 11.6 Å². The molecule has 25 heavy (non-hydrogen) atoms. The van der Waals surface area contributed by atoms with Crippen molar-refractivity contribution in [2.24, 2.45) is 0 Å². The Morgan fingerprint density at radius 1 is 1.24 bits per heavy atom. The average Bonchev–Trinajstić information content (AvgIpc) is 3.10. The van der Waals surface area contributed by atoms with E-state index < -0.39 is 0 Å². The summed E-state index contributed by atoms with van der Waals surface area (Å²) >= 11 is 1.57. The van der Waals surface area contributed by atoms with Crippen molar-refractivity contribution in [2.75, 3.05) is 17.7 Å². The second kappa shape index (κ2) is 7.81. The van der Waals surface area contributed by atoms with Crippen LogP contribution in [0.4, 0.5) is 17.2 Å². The Kier molecular flexibility index (Phi) is 5.30. The maximum absolute atomic E-state index is 12.0. The van der Waals surface area contributed by atoms with Gasteiger partial charge in [0.2, 0.25) is 5.91 Å². The van der Waals surface area contributed by atoms with Crippen LogP contribution in [0.25, 0.3) is 0 Å². The number of thiophene rings is 1. The molecule has 0 fully saturated rings. The van der Waals surface area contributed by atoms with Crippen molar-refractivity contribution in [1.82, 2.24) is 4.98 Å². The van der Waals surface area contributed by atoms with Crippen LogP contribution in [0.2, 0.25) is 0 Å². The lowest BCUT2D eigenvalue weighted by Gasteiger charge is -2.12. The number of aryl methyl sites for hydroxylation is 1. The summed E-state index contributed by atoms with van der Waals surface area (Å²) in [6, 6.07) is 13.4. The molecule has 0 saturated carbocycles. The Hall–Kier alpha value is -2.86. The Labute approximate surface area is 150 Å². The van der Waals surface area contributed by atoms with Crippen molar-refractivity contribution in [1.29, 1.82) is 0 Å². The Morgan fingerprint density at radius 2 is 2.12 bits per heavy atom. The fourth-order valence-electron chi connectivity index (χ4n) is 2.38. The van der Waals surface area contributed by atoms with Crippen LogP contribution in [0.1, 0.15) is 10.4 Å². The highest BCUT2D eigenvalue weighted by atomic mass is 32.1. The van der Waals surface area contributed by atoms with Crippen LogP contribution in [-0.2, 0) is 11.2 Å². The zero-order valence-electron chi connectivity index (χ0n) is 14.1. The smallest absolute Gasteiger partial charge is 0.229 e. The van der Waals surface area contributed by atoms with Crippen molar-refractivity contribution in [3.05, 3.63) is 64.5 Å². The first-order valence-corrected chi connectivity index (χ1v) is 8.72. The summed E-state index contributed by atoms with van der Waals surface area (Å²) in [7, 11) is 1.63. The standard InChI is InChI=1S/C19H19N3O2S/c1-13-5-7-17(24-2)16(10-13)22-18-8-6-14(12-20-18)21-19(23)11-15-4-3-9-25-15/h3-10,12H,11H2,1-2H3,(H,20,22)(H,21,23). The van der Waals surface area contributed by atoms with Crippen molar-refractivity contribution >= 4 is 34.4 Å². The molecule has 0 spiro atoms. The summed E-state index contributed by atoms with van der Waals surface area (Å²) in [5.41, 5.74) is 2.65. The third kappa shape index (κ3) is 4.58. The number of nitrogens with zero attached hydrogens (tertiary/aromatic N) is 1. The molecule has 128 valence electrons. The number of anilines is 3. The lowest BCUT2D eigenvalue weighted by atomic mass is 10.2. The largest absolute Gasteiger partial charge is 0.495 e. The molecule has 3 rings (SSSR count). The first-order chi connectivity index (χ1) is 12.1. The zero-order valence-corrected chi connectivity index (χ0v) is 14.9. The topological polar surface area (TPSA) is 63.2 Å². The van der Waals surface area contributed by atoms with Gasteiger partial charge in [-0.3, -0.25) is 4.79 Å². The molecule has 6 heteroatoms. The maximum atomic E-state index is 12.0. The normalized spacial score (nSPS) is 10.3. The molecular formula is C19H19N3O2S. The van der Waals surface area contributed by atoms with E-state index in [1.165, 1.54) is 0 Å². The molecule has 0 aliphatic carbocycles. The molecular weight excluding hydrogens is 334 g/mol. The van der Waals surface area contributed by atoms with Crippen LogP contribution in [0.3, 0.4) is 0 Å². The van der Waals surface area contributed by atoms with Crippen LogP contribution in [-0.4, -0.2) is 18.0 Å². The van der Waals surface area contributed by atoms with Gasteiger partial charge in [-0.15, -0.1) is 11.3 Å². The summed E-state index contributed by atoms with van der Waals surface area (Å²) in [6.45, 7) is 2.02. The Morgan fingerprint density at radius 3 is 2.80 bits per heavy atom. The van der Waals surface area contributed by atoms with Gasteiger partial charge >= 0.3 is 0 Å². The lowest BCUT2D eigenvalue weighted by Crippen LogP contribution is -2.13. The number of carbonyl (C=O) groups excluding carboxylic acids is 1. The molecule has 2 aromatic heterocycles. The Bertz CT molecular complexity index is 846. The molecule has 0 bridgehead atoms. The van der Waals surface area contributed by atoms with Crippen molar-refractivity contribution in [3.8, 4) is 5.75 Å². The van der Waals surface area contributed by atoms with Crippen molar-refractivity contribution < 1.29 is 9.53 Å². The van der Waals surface area contributed by atoms with Gasteiger partial charge in [-0.25, -0.2) is 4.98 Å². The number of hydrogen-bond acceptors (Lipinski definition) is 5. The molecule has 0 atom stereocenters. The van der Waals surface area contributed by atoms with E-state index in [2.05, 4.69) is 15.6 Å². The van der Waals surface area contributed by atoms with E-state index in [9.17, 15) is 4.79 Å². The number of nitrogens with one attached hydrogen (secondary N) is 2. The van der Waals surface area contributed by atoms with Crippen LogP contribution in [0.5, 0.6) is 5.75 Å². The monoisotopic (exact) mass is 353 g/mol. The molecule has 1 aromatic carbocycles. The number of benzene rings is 1. The van der Waals surface area contributed by atoms with E-state index in [0.717, 1.165) is 21.9 Å². The minimum atomic E-state index is -0.0506. The summed E-state index contributed by atoms with van der Waals surface area (Å²) in [6.07, 6.45) is 2.01. The highest BCUT2D eigenvalue weighted by molar-refractivity contribution is 7.10. The summed E-state index contributed by atoms with van der Waals surface area (Å²) in [5, 5.41) is 8.05. The minimum Gasteiger partial charge on any atom is -0.495 e. The van der Waals surface area contributed by atoms with Crippen LogP contribution in [0, 0.1) is 6.92 Å². The van der Waals surface area contributed by atoms with E-state index in [0.29, 0.717) is 17.9 Å². The van der Waals surface area contributed by atoms with Gasteiger partial charge in [0.25, 0.3) is 0 Å². The van der Waals surface area contributed by atoms with E-state index in [1.54, 1.807) is 24.6 Å². The molecule has 0 radical (unpaired) electrons. The maximum Gasteiger partial charge on any atom is 0.229 e. The van der Waals surface area contributed by atoms with Gasteiger partial charge in [0.05, 0.1) is 31.1 Å². The fraction of sp³-hybridized carbons (Fsp3) is 0.158. The number of rotatable bonds is 6. The molecule has 2 N–H and O–H groups in total. The quantitative estimate of drug-likeness (QED) is 0.690. The predicted octanol–water partition coefficient (Wildman–Crippen LogP) is 4.38. The highest BCUT2D eigenvalue weighted by Gasteiger charge is 2.07. The molecule has 0 aliphatic heterocycles. The fourth-order valence-corrected chi connectivity index (χ4v) is 3.08. The third-order valence-electron chi connectivity index (χ3n) is 3.58. The van der Waals surface area contributed by atoms with E-state index in [-0.39, 0.29) is 5.91 Å². The van der Waals surface area contributed by atoms with Crippen LogP contribution < -0.4 is 15.4 Å². The molecule has 0 unspecified atom stereocenters. The number of hydrogen-bond donors (Lipinski definition) is 2. The van der Waals surface area contributed by atoms with E-state index >= 15 is 0 Å². The van der Waals surface area contributed by atoms with Gasteiger partial charge in [-0.05, 0) is 48.2 Å². The van der Waals surface area contributed by atoms with Gasteiger partial charge in [-0.2, -0.15) is 0 Å². The summed E-state index contributed by atoms with van der Waals surface area (Å²) in [5.74, 6) is 1.38. The van der Waals surface area contributed by atoms with Crippen LogP contribution in [0.15, 0.2) is 54.0 Å². The van der Waals surface area contributed by atoms with E-state index in [4.69, 9.17) is 4.74 Å². The minimum absolute atomic E-state index is 0.0506. The van der Waals surface area contributed by atoms with Gasteiger partial charge in [-0.1, -0.05) is 12.1 Å². The summed E-state index contributed by atoms with van der Waals surface area (Å²) in [4.78, 5) is 17.4. The molecule has 2 heterocycles. The average molecular weight is 353 g/mol. The van der Waals surface area contributed by atoms with Crippen molar-refractivity contribution in [2.45, 2.75) is 13.3 Å². The van der Waals surface area contributed by atoms with E-state index in [1.807, 2.05) is 54.8 Å². The number of amides is 1. The van der Waals surface area contributed by atoms with Gasteiger partial charge in [0, 0.05) is 4.88 Å². The van der Waals surface area contributed by atoms with Crippen molar-refractivity contribution in [3.63, 3.8) is 0 Å². The zero-order chi connectivity index (χ0) is 17.6. The second-order valence-corrected chi connectivity index (χ2v) is 6.60. The number of pyridine rings is 1. The Balaban J connectivity index is 1.64. The lowest BCUT2D eigenvalue weighted by molar-refractivity contribution is -0.115. The second-order valence-electron chi connectivity index (χ2n) is 5.57. The first kappa shape index (κ1) is 17.0. The van der Waals surface area contributed by atoms with Crippen LogP contribution >= 0.6 is 11.3 Å². The molecule has 1 amide bonds. The molecule has 0 aliphatic rings. The highest BCUT2D eigenvalue weighted by Crippen LogP contribution is 2.28. The molecule has 5 nitrogen and oxygen atoms in total.